The minimum atomic E-state index is -0.577. The Hall–Kier alpha value is -1.78. The van der Waals surface area contributed by atoms with Gasteiger partial charge in [-0.3, -0.25) is 0 Å². The molecule has 4 heteroatoms. The monoisotopic (exact) mass is 291 g/mol. The van der Waals surface area contributed by atoms with Crippen molar-refractivity contribution in [2.75, 3.05) is 6.61 Å². The van der Waals surface area contributed by atoms with E-state index in [-0.39, 0.29) is 18.2 Å². The van der Waals surface area contributed by atoms with E-state index >= 15 is 0 Å². The number of hydrogen-bond donors (Lipinski definition) is 2. The molecule has 2 rings (SSSR count). The first-order chi connectivity index (χ1) is 10.1. The first-order valence-corrected chi connectivity index (χ1v) is 6.96. The lowest BCUT2D eigenvalue weighted by atomic mass is 10.0. The molecule has 0 saturated carbocycles. The van der Waals surface area contributed by atoms with Crippen LogP contribution < -0.4 is 5.32 Å². The molecule has 112 valence electrons. The van der Waals surface area contributed by atoms with Crippen LogP contribution in [0.15, 0.2) is 48.5 Å². The third-order valence-corrected chi connectivity index (χ3v) is 3.46. The number of aliphatic hydroxyl groups excluding tert-OH is 1. The highest BCUT2D eigenvalue weighted by atomic mass is 19.1. The van der Waals surface area contributed by atoms with Crippen LogP contribution in [0, 0.1) is 11.6 Å². The van der Waals surface area contributed by atoms with E-state index in [9.17, 15) is 13.9 Å². The molecule has 0 radical (unpaired) electrons. The average Bonchev–Trinajstić information content (AvgIpc) is 2.47. The predicted octanol–water partition coefficient (Wildman–Crippen LogP) is 3.22. The van der Waals surface area contributed by atoms with E-state index in [4.69, 9.17) is 0 Å². The number of aliphatic hydroxyl groups is 1. The van der Waals surface area contributed by atoms with Gasteiger partial charge in [-0.15, -0.1) is 0 Å². The number of nitrogens with one attached hydrogen (secondary N) is 1. The molecule has 0 bridgehead atoms. The fraction of sp³-hybridized carbons (Fsp3) is 0.294. The van der Waals surface area contributed by atoms with Crippen LogP contribution in [0.2, 0.25) is 0 Å². The Balaban J connectivity index is 2.08. The molecule has 0 fully saturated rings. The molecule has 2 aromatic carbocycles. The van der Waals surface area contributed by atoms with Crippen molar-refractivity contribution in [1.29, 1.82) is 0 Å². The summed E-state index contributed by atoms with van der Waals surface area (Å²) in [7, 11) is 0. The smallest absolute Gasteiger partial charge is 0.130 e. The molecule has 0 aliphatic rings. The lowest BCUT2D eigenvalue weighted by Gasteiger charge is -2.23. The van der Waals surface area contributed by atoms with Crippen LogP contribution in [-0.2, 0) is 6.42 Å². The Bertz CT molecular complexity index is 554. The Kier molecular flexibility index (Phi) is 5.42. The normalized spacial score (nSPS) is 13.9. The first kappa shape index (κ1) is 15.6. The van der Waals surface area contributed by atoms with E-state index in [1.165, 1.54) is 18.2 Å². The van der Waals surface area contributed by atoms with Crippen LogP contribution in [0.5, 0.6) is 0 Å². The zero-order valence-electron chi connectivity index (χ0n) is 11.9. The summed E-state index contributed by atoms with van der Waals surface area (Å²) in [5.74, 6) is -1.15. The minimum Gasteiger partial charge on any atom is -0.395 e. The molecule has 21 heavy (non-hydrogen) atoms. The summed E-state index contributed by atoms with van der Waals surface area (Å²) in [6.07, 6.45) is 0.595. The number of rotatable bonds is 6. The molecule has 0 aromatic heterocycles. The molecule has 0 aliphatic heterocycles. The molecular weight excluding hydrogens is 272 g/mol. The quantitative estimate of drug-likeness (QED) is 0.856. The third-order valence-electron chi connectivity index (χ3n) is 3.46. The van der Waals surface area contributed by atoms with E-state index in [1.807, 2.05) is 30.3 Å². The SMILES string of the molecule is CC(N[C@H](CO)Cc1ccccc1)c1c(F)cccc1F. The van der Waals surface area contributed by atoms with E-state index < -0.39 is 17.7 Å². The van der Waals surface area contributed by atoms with Gasteiger partial charge in [-0.05, 0) is 31.0 Å². The number of hydrogen-bond acceptors (Lipinski definition) is 2. The summed E-state index contributed by atoms with van der Waals surface area (Å²) in [6.45, 7) is 1.59. The fourth-order valence-corrected chi connectivity index (χ4v) is 2.44. The van der Waals surface area contributed by atoms with Gasteiger partial charge in [0.15, 0.2) is 0 Å². The predicted molar refractivity (Wildman–Crippen MR) is 78.9 cm³/mol. The molecule has 1 unspecified atom stereocenters. The van der Waals surface area contributed by atoms with Crippen molar-refractivity contribution in [3.63, 3.8) is 0 Å². The van der Waals surface area contributed by atoms with Gasteiger partial charge < -0.3 is 10.4 Å². The molecule has 0 saturated heterocycles. The topological polar surface area (TPSA) is 32.3 Å². The summed E-state index contributed by atoms with van der Waals surface area (Å²) >= 11 is 0. The summed E-state index contributed by atoms with van der Waals surface area (Å²) in [4.78, 5) is 0. The fourth-order valence-electron chi connectivity index (χ4n) is 2.44. The second-order valence-corrected chi connectivity index (χ2v) is 5.09. The van der Waals surface area contributed by atoms with Gasteiger partial charge in [-0.2, -0.15) is 0 Å². The number of benzene rings is 2. The Labute approximate surface area is 123 Å². The highest BCUT2D eigenvalue weighted by Crippen LogP contribution is 2.21. The van der Waals surface area contributed by atoms with Crippen molar-refractivity contribution in [3.8, 4) is 0 Å². The van der Waals surface area contributed by atoms with Crippen LogP contribution >= 0.6 is 0 Å². The van der Waals surface area contributed by atoms with Crippen LogP contribution in [-0.4, -0.2) is 17.8 Å². The van der Waals surface area contributed by atoms with Gasteiger partial charge in [0.25, 0.3) is 0 Å². The van der Waals surface area contributed by atoms with Crippen molar-refractivity contribution in [1.82, 2.24) is 5.32 Å². The zero-order valence-corrected chi connectivity index (χ0v) is 11.9. The van der Waals surface area contributed by atoms with Gasteiger partial charge in [-0.1, -0.05) is 36.4 Å². The molecule has 2 N–H and O–H groups in total. The molecule has 0 heterocycles. The second kappa shape index (κ2) is 7.29. The van der Waals surface area contributed by atoms with Crippen molar-refractivity contribution in [3.05, 3.63) is 71.3 Å². The summed E-state index contributed by atoms with van der Waals surface area (Å²) in [6, 6.07) is 12.7. The molecule has 0 aliphatic carbocycles. The molecule has 0 amide bonds. The zero-order chi connectivity index (χ0) is 15.2. The van der Waals surface area contributed by atoms with Gasteiger partial charge in [0.2, 0.25) is 0 Å². The van der Waals surface area contributed by atoms with Crippen molar-refractivity contribution < 1.29 is 13.9 Å². The summed E-state index contributed by atoms with van der Waals surface area (Å²) in [5.41, 5.74) is 1.06. The highest BCUT2D eigenvalue weighted by molar-refractivity contribution is 5.23. The average molecular weight is 291 g/mol. The Morgan fingerprint density at radius 2 is 1.62 bits per heavy atom. The van der Waals surface area contributed by atoms with Crippen LogP contribution in [0.25, 0.3) is 0 Å². The van der Waals surface area contributed by atoms with Gasteiger partial charge in [0.05, 0.1) is 6.61 Å². The maximum atomic E-state index is 13.7. The van der Waals surface area contributed by atoms with Crippen LogP contribution in [0.1, 0.15) is 24.1 Å². The summed E-state index contributed by atoms with van der Waals surface area (Å²) in [5, 5.41) is 12.6. The molecule has 2 nitrogen and oxygen atoms in total. The van der Waals surface area contributed by atoms with E-state index in [0.717, 1.165) is 5.56 Å². The van der Waals surface area contributed by atoms with Gasteiger partial charge >= 0.3 is 0 Å². The maximum Gasteiger partial charge on any atom is 0.130 e. The molecule has 2 aromatic rings. The van der Waals surface area contributed by atoms with Crippen molar-refractivity contribution >= 4 is 0 Å². The molecular formula is C17H19F2NO. The van der Waals surface area contributed by atoms with Crippen molar-refractivity contribution in [2.24, 2.45) is 0 Å². The van der Waals surface area contributed by atoms with Gasteiger partial charge in [-0.25, -0.2) is 8.78 Å². The molecule has 2 atom stereocenters. The van der Waals surface area contributed by atoms with E-state index in [1.54, 1.807) is 6.92 Å². The standard InChI is InChI=1S/C17H19F2NO/c1-12(17-15(18)8-5-9-16(17)19)20-14(11-21)10-13-6-3-2-4-7-13/h2-9,12,14,20-21H,10-11H2,1H3/t12?,14-/m0/s1. The lowest BCUT2D eigenvalue weighted by Crippen LogP contribution is -2.37. The first-order valence-electron chi connectivity index (χ1n) is 6.96. The van der Waals surface area contributed by atoms with Gasteiger partial charge in [0.1, 0.15) is 11.6 Å². The lowest BCUT2D eigenvalue weighted by molar-refractivity contribution is 0.231. The Morgan fingerprint density at radius 1 is 1.00 bits per heavy atom. The second-order valence-electron chi connectivity index (χ2n) is 5.09. The largest absolute Gasteiger partial charge is 0.395 e. The molecule has 0 spiro atoms. The number of halogens is 2. The maximum absolute atomic E-state index is 13.7. The van der Waals surface area contributed by atoms with Crippen LogP contribution in [0.3, 0.4) is 0 Å². The van der Waals surface area contributed by atoms with Crippen LogP contribution in [0.4, 0.5) is 8.78 Å². The van der Waals surface area contributed by atoms with E-state index in [0.29, 0.717) is 6.42 Å². The Morgan fingerprint density at radius 3 is 2.19 bits per heavy atom. The summed E-state index contributed by atoms with van der Waals surface area (Å²) < 4.78 is 27.5. The van der Waals surface area contributed by atoms with E-state index in [2.05, 4.69) is 5.32 Å². The highest BCUT2D eigenvalue weighted by Gasteiger charge is 2.19. The van der Waals surface area contributed by atoms with Gasteiger partial charge in [0, 0.05) is 17.6 Å². The minimum absolute atomic E-state index is 0.00371. The third kappa shape index (κ3) is 4.09. The van der Waals surface area contributed by atoms with Crippen molar-refractivity contribution in [2.45, 2.75) is 25.4 Å².